The number of carbonyl (C=O) groups excluding carboxylic acids is 2. The maximum absolute atomic E-state index is 12.6. The third-order valence-corrected chi connectivity index (χ3v) is 4.89. The fourth-order valence-corrected chi connectivity index (χ4v) is 3.56. The summed E-state index contributed by atoms with van der Waals surface area (Å²) in [4.78, 5) is 26.7. The molecule has 0 radical (unpaired) electrons. The van der Waals surface area contributed by atoms with Gasteiger partial charge in [-0.15, -0.1) is 0 Å². The summed E-state index contributed by atoms with van der Waals surface area (Å²) in [5, 5.41) is 0. The Bertz CT molecular complexity index is 607. The lowest BCUT2D eigenvalue weighted by molar-refractivity contribution is 0.0567. The molecule has 1 heterocycles. The number of benzene rings is 1. The van der Waals surface area contributed by atoms with Crippen LogP contribution in [0.5, 0.6) is 0 Å². The van der Waals surface area contributed by atoms with Crippen LogP contribution in [-0.2, 0) is 0 Å². The number of carbonyl (C=O) groups is 2. The first kappa shape index (κ1) is 14.1. The Hall–Kier alpha value is -1.84. The molecule has 0 aromatic heterocycles. The van der Waals surface area contributed by atoms with Crippen LogP contribution in [-0.4, -0.2) is 22.8 Å². The van der Waals surface area contributed by atoms with E-state index in [2.05, 4.69) is 13.8 Å². The van der Waals surface area contributed by atoms with Crippen molar-refractivity contribution < 1.29 is 9.59 Å². The van der Waals surface area contributed by atoms with Crippen molar-refractivity contribution >= 4 is 17.5 Å². The Morgan fingerprint density at radius 1 is 1.14 bits per heavy atom. The largest absolute Gasteiger partial charge is 0.398 e. The third kappa shape index (κ3) is 2.33. The number of fused-ring (bicyclic) bond motifs is 1. The van der Waals surface area contributed by atoms with Crippen molar-refractivity contribution in [1.29, 1.82) is 0 Å². The molecule has 2 amide bonds. The van der Waals surface area contributed by atoms with Crippen LogP contribution < -0.4 is 5.73 Å². The van der Waals surface area contributed by atoms with E-state index in [1.54, 1.807) is 18.2 Å². The van der Waals surface area contributed by atoms with Gasteiger partial charge in [-0.05, 0) is 43.2 Å². The topological polar surface area (TPSA) is 63.4 Å². The first-order chi connectivity index (χ1) is 9.91. The molecule has 4 heteroatoms. The van der Waals surface area contributed by atoms with E-state index in [9.17, 15) is 9.59 Å². The molecule has 1 aromatic carbocycles. The van der Waals surface area contributed by atoms with E-state index in [1.807, 2.05) is 0 Å². The first-order valence-electron chi connectivity index (χ1n) is 7.67. The fourth-order valence-electron chi connectivity index (χ4n) is 3.56. The quantitative estimate of drug-likeness (QED) is 0.490. The lowest BCUT2D eigenvalue weighted by Crippen LogP contribution is -2.39. The van der Waals surface area contributed by atoms with E-state index in [0.29, 0.717) is 22.2 Å². The molecule has 0 bridgehead atoms. The predicted octanol–water partition coefficient (Wildman–Crippen LogP) is 3.22. The first-order valence-corrected chi connectivity index (χ1v) is 7.67. The van der Waals surface area contributed by atoms with E-state index in [1.165, 1.54) is 4.90 Å². The highest BCUT2D eigenvalue weighted by Gasteiger charge is 2.42. The highest BCUT2D eigenvalue weighted by Crippen LogP contribution is 2.38. The molecule has 112 valence electrons. The number of rotatable bonds is 1. The van der Waals surface area contributed by atoms with Gasteiger partial charge in [0.2, 0.25) is 0 Å². The molecule has 21 heavy (non-hydrogen) atoms. The molecule has 1 fully saturated rings. The van der Waals surface area contributed by atoms with Crippen LogP contribution in [0.4, 0.5) is 5.69 Å². The highest BCUT2D eigenvalue weighted by atomic mass is 16.2. The van der Waals surface area contributed by atoms with Gasteiger partial charge >= 0.3 is 0 Å². The van der Waals surface area contributed by atoms with Crippen LogP contribution in [0, 0.1) is 5.41 Å². The van der Waals surface area contributed by atoms with Gasteiger partial charge in [0.25, 0.3) is 11.8 Å². The number of nitrogens with two attached hydrogens (primary N) is 1. The summed E-state index contributed by atoms with van der Waals surface area (Å²) in [5.74, 6) is -0.384. The summed E-state index contributed by atoms with van der Waals surface area (Å²) < 4.78 is 0. The average molecular weight is 286 g/mol. The molecule has 4 nitrogen and oxygen atoms in total. The van der Waals surface area contributed by atoms with Gasteiger partial charge in [0.1, 0.15) is 0 Å². The number of amides is 2. The Kier molecular flexibility index (Phi) is 3.27. The molecule has 0 saturated heterocycles. The van der Waals surface area contributed by atoms with Crippen LogP contribution in [0.15, 0.2) is 18.2 Å². The van der Waals surface area contributed by atoms with Crippen molar-refractivity contribution in [2.45, 2.75) is 52.0 Å². The van der Waals surface area contributed by atoms with Crippen LogP contribution in [0.25, 0.3) is 0 Å². The van der Waals surface area contributed by atoms with Gasteiger partial charge in [-0.1, -0.05) is 26.3 Å². The number of hydrogen-bond acceptors (Lipinski definition) is 3. The van der Waals surface area contributed by atoms with Gasteiger partial charge in [-0.3, -0.25) is 14.5 Å². The van der Waals surface area contributed by atoms with E-state index < -0.39 is 0 Å². The molecule has 1 saturated carbocycles. The molecule has 2 N–H and O–H groups in total. The van der Waals surface area contributed by atoms with Gasteiger partial charge in [0.15, 0.2) is 0 Å². The normalized spacial score (nSPS) is 24.9. The molecule has 1 aliphatic heterocycles. The minimum absolute atomic E-state index is 0.0126. The number of nitrogens with zero attached hydrogens (tertiary/aromatic N) is 1. The molecule has 0 spiro atoms. The molecule has 1 aliphatic carbocycles. The van der Waals surface area contributed by atoms with E-state index in [0.717, 1.165) is 32.1 Å². The molecule has 1 aromatic rings. The van der Waals surface area contributed by atoms with Crippen molar-refractivity contribution in [3.63, 3.8) is 0 Å². The Balaban J connectivity index is 1.90. The summed E-state index contributed by atoms with van der Waals surface area (Å²) in [6.07, 6.45) is 5.03. The number of anilines is 1. The SMILES string of the molecule is CC1(C)CCCC(N2C(=O)c3cccc(N)c3C2=O)CC1. The third-order valence-electron chi connectivity index (χ3n) is 4.89. The summed E-state index contributed by atoms with van der Waals surface area (Å²) >= 11 is 0. The molecular formula is C17H22N2O2. The molecule has 1 atom stereocenters. The second-order valence-corrected chi connectivity index (χ2v) is 7.00. The Morgan fingerprint density at radius 3 is 2.62 bits per heavy atom. The Labute approximate surface area is 125 Å². The predicted molar refractivity (Wildman–Crippen MR) is 82.0 cm³/mol. The summed E-state index contributed by atoms with van der Waals surface area (Å²) in [5.41, 5.74) is 7.45. The fraction of sp³-hybridized carbons (Fsp3) is 0.529. The molecule has 1 unspecified atom stereocenters. The lowest BCUT2D eigenvalue weighted by Gasteiger charge is -2.26. The molecule has 3 rings (SSSR count). The van der Waals surface area contributed by atoms with Crippen molar-refractivity contribution in [2.24, 2.45) is 5.41 Å². The lowest BCUT2D eigenvalue weighted by atomic mass is 9.85. The van der Waals surface area contributed by atoms with Gasteiger partial charge in [-0.25, -0.2) is 0 Å². The monoisotopic (exact) mass is 286 g/mol. The molecular weight excluding hydrogens is 264 g/mol. The van der Waals surface area contributed by atoms with E-state index in [4.69, 9.17) is 5.73 Å². The zero-order valence-corrected chi connectivity index (χ0v) is 12.7. The van der Waals surface area contributed by atoms with Gasteiger partial charge in [-0.2, -0.15) is 0 Å². The van der Waals surface area contributed by atoms with Crippen LogP contribution in [0.1, 0.15) is 66.7 Å². The zero-order valence-electron chi connectivity index (χ0n) is 12.7. The van der Waals surface area contributed by atoms with Crippen molar-refractivity contribution in [3.8, 4) is 0 Å². The van der Waals surface area contributed by atoms with Crippen molar-refractivity contribution in [1.82, 2.24) is 4.90 Å². The van der Waals surface area contributed by atoms with Crippen LogP contribution in [0.3, 0.4) is 0 Å². The summed E-state index contributed by atoms with van der Waals surface area (Å²) in [7, 11) is 0. The van der Waals surface area contributed by atoms with Gasteiger partial charge in [0.05, 0.1) is 11.1 Å². The summed E-state index contributed by atoms with van der Waals surface area (Å²) in [6.45, 7) is 4.52. The average Bonchev–Trinajstić information content (AvgIpc) is 2.56. The Morgan fingerprint density at radius 2 is 1.90 bits per heavy atom. The highest BCUT2D eigenvalue weighted by molar-refractivity contribution is 6.23. The number of hydrogen-bond donors (Lipinski definition) is 1. The standard InChI is InChI=1S/C17H22N2O2/c1-17(2)9-4-5-11(8-10-17)19-15(20)12-6-3-7-13(18)14(12)16(19)21/h3,6-7,11H,4-5,8-10,18H2,1-2H3. The zero-order chi connectivity index (χ0) is 15.2. The number of nitrogen functional groups attached to an aromatic ring is 1. The second-order valence-electron chi connectivity index (χ2n) is 7.00. The van der Waals surface area contributed by atoms with Crippen LogP contribution in [0.2, 0.25) is 0 Å². The summed E-state index contributed by atoms with van der Waals surface area (Å²) in [6, 6.07) is 5.13. The minimum Gasteiger partial charge on any atom is -0.398 e. The maximum atomic E-state index is 12.6. The maximum Gasteiger partial charge on any atom is 0.263 e. The minimum atomic E-state index is -0.210. The molecule has 2 aliphatic rings. The van der Waals surface area contributed by atoms with Gasteiger partial charge in [0, 0.05) is 11.7 Å². The van der Waals surface area contributed by atoms with Crippen molar-refractivity contribution in [3.05, 3.63) is 29.3 Å². The van der Waals surface area contributed by atoms with Crippen molar-refractivity contribution in [2.75, 3.05) is 5.73 Å². The smallest absolute Gasteiger partial charge is 0.263 e. The second kappa shape index (κ2) is 4.86. The van der Waals surface area contributed by atoms with E-state index >= 15 is 0 Å². The van der Waals surface area contributed by atoms with Gasteiger partial charge < -0.3 is 5.73 Å². The number of imide groups is 1. The van der Waals surface area contributed by atoms with E-state index in [-0.39, 0.29) is 17.9 Å². The van der Waals surface area contributed by atoms with Crippen LogP contribution >= 0.6 is 0 Å².